The molecule has 1 radical (unpaired) electrons. The Morgan fingerprint density at radius 1 is 0.602 bits per heavy atom. The number of carboxylic acids is 2. The largest absolute Gasteiger partial charge is 2.00 e. The average molecular weight is 1420 g/mol. The number of nitrogens with one attached hydrogen (secondary N) is 6. The Balaban J connectivity index is 0.0000152. The fourth-order valence-corrected chi connectivity index (χ4v) is 11.0. The third-order valence-corrected chi connectivity index (χ3v) is 16.1. The number of H-pyrrole nitrogens is 2. The van der Waals surface area contributed by atoms with Gasteiger partial charge in [-0.05, 0) is 154 Å². The van der Waals surface area contributed by atoms with Crippen LogP contribution in [0.1, 0.15) is 149 Å². The molecule has 0 saturated heterocycles. The van der Waals surface area contributed by atoms with E-state index in [1.54, 1.807) is 13.8 Å². The van der Waals surface area contributed by atoms with E-state index in [0.29, 0.717) is 107 Å². The van der Waals surface area contributed by atoms with E-state index in [4.69, 9.17) is 28.9 Å². The van der Waals surface area contributed by atoms with Gasteiger partial charge in [0.2, 0.25) is 11.8 Å². The van der Waals surface area contributed by atoms with Gasteiger partial charge in [0.25, 0.3) is 0 Å². The zero-order valence-electron chi connectivity index (χ0n) is 54.7. The van der Waals surface area contributed by atoms with Gasteiger partial charge in [-0.2, -0.15) is 22.1 Å². The number of aliphatic carboxylic acids is 2. The number of aliphatic hydroxyl groups excluding tert-OH is 1. The number of carbonyl (C=O) groups excluding carboxylic acids is 5. The molecular weight excluding hydrogens is 1340 g/mol. The van der Waals surface area contributed by atoms with Crippen LogP contribution in [0.15, 0.2) is 49.1 Å². The van der Waals surface area contributed by atoms with Crippen molar-refractivity contribution in [1.29, 1.82) is 0 Å². The summed E-state index contributed by atoms with van der Waals surface area (Å²) in [7, 11) is 0. The second-order valence-corrected chi connectivity index (χ2v) is 23.0. The predicted molar refractivity (Wildman–Crippen MR) is 338 cm³/mol. The summed E-state index contributed by atoms with van der Waals surface area (Å²) in [5.41, 5.74) is 9.87. The minimum Gasteiger partial charge on any atom is -0.550 e. The molecule has 5 aromatic heterocycles. The van der Waals surface area contributed by atoms with Crippen molar-refractivity contribution in [3.05, 3.63) is 114 Å². The van der Waals surface area contributed by atoms with Gasteiger partial charge in [-0.15, -0.1) is 0 Å². The van der Waals surface area contributed by atoms with E-state index >= 15 is 17.6 Å². The number of halogens is 4. The zero-order valence-corrected chi connectivity index (χ0v) is 55.9. The van der Waals surface area contributed by atoms with E-state index in [0.717, 1.165) is 24.2 Å². The number of nitro groups is 2. The maximum Gasteiger partial charge on any atom is 2.00 e. The summed E-state index contributed by atoms with van der Waals surface area (Å²) in [6.45, 7) is 10.2. The van der Waals surface area contributed by atoms with Crippen molar-refractivity contribution in [2.24, 2.45) is 0 Å². The van der Waals surface area contributed by atoms with E-state index < -0.39 is 76.5 Å². The number of allylic oxidation sites excluding steroid dienone is 4. The SMILES string of the molecule is CC1=C(CCC(=O)NCCCOCCC(=O)[O-])c2cc3nc(cc4[nH]c(cc5[nH]c(cc1n2)c(C)c5C(C)OCCCNC(=O)C(F)(F)n1ccnc1[N+](=O)[O-])c(C)c4C(C)OCCCNC(O)C(F)(F)Cn1ccnc1[N+](=O)[O-])C(C)=C3CCC(=O)NCCCOCCC(=O)[O-].[Mn+2]. The number of aromatic amines is 2. The third-order valence-electron chi connectivity index (χ3n) is 16.1. The molecule has 35 heteroatoms. The first-order valence-electron chi connectivity index (χ1n) is 31.4. The quantitative estimate of drug-likeness (QED) is 0.00641. The fourth-order valence-electron chi connectivity index (χ4n) is 11.0. The summed E-state index contributed by atoms with van der Waals surface area (Å²) < 4.78 is 84.5. The summed E-state index contributed by atoms with van der Waals surface area (Å²) in [4.78, 5) is 106. The van der Waals surface area contributed by atoms with Gasteiger partial charge in [0, 0.05) is 117 Å². The van der Waals surface area contributed by atoms with Crippen molar-refractivity contribution < 1.29 is 103 Å². The Morgan fingerprint density at radius 3 is 1.56 bits per heavy atom. The number of aliphatic hydroxyl groups is 1. The second-order valence-electron chi connectivity index (χ2n) is 23.0. The molecule has 0 aromatic carbocycles. The Kier molecular flexibility index (Phi) is 28.8. The van der Waals surface area contributed by atoms with Gasteiger partial charge >= 0.3 is 46.8 Å². The Morgan fingerprint density at radius 2 is 1.05 bits per heavy atom. The van der Waals surface area contributed by atoms with Crippen LogP contribution in [0.5, 0.6) is 0 Å². The number of hydrogen-bond acceptors (Lipinski definition) is 21. The van der Waals surface area contributed by atoms with Gasteiger partial charge in [0.15, 0.2) is 6.23 Å². The van der Waals surface area contributed by atoms with Gasteiger partial charge in [0.05, 0.1) is 48.2 Å². The van der Waals surface area contributed by atoms with Crippen molar-refractivity contribution in [3.8, 4) is 0 Å². The first-order chi connectivity index (χ1) is 46.1. The van der Waals surface area contributed by atoms with Crippen LogP contribution in [0.25, 0.3) is 44.4 Å². The normalized spacial score (nSPS) is 13.5. The van der Waals surface area contributed by atoms with Crippen LogP contribution in [0.2, 0.25) is 0 Å². The van der Waals surface area contributed by atoms with Crippen molar-refractivity contribution in [3.63, 3.8) is 0 Å². The topological polar surface area (TPSA) is 416 Å². The molecule has 0 saturated carbocycles. The zero-order chi connectivity index (χ0) is 70.7. The van der Waals surface area contributed by atoms with Crippen LogP contribution in [0.4, 0.5) is 29.5 Å². The number of aryl methyl sites for hydroxylation is 2. The van der Waals surface area contributed by atoms with Crippen LogP contribution < -0.4 is 31.5 Å². The Bertz CT molecular complexity index is 3930. The minimum atomic E-state index is -4.34. The summed E-state index contributed by atoms with van der Waals surface area (Å²) in [5, 5.41) is 65.0. The monoisotopic (exact) mass is 1420 g/mol. The Labute approximate surface area is 569 Å². The van der Waals surface area contributed by atoms with E-state index in [9.17, 15) is 59.5 Å². The maximum atomic E-state index is 15.2. The molecular formula is C63H78F4MnN14O16. The number of carbonyl (C=O) groups is 5. The number of ether oxygens (including phenoxy) is 4. The number of amides is 3. The van der Waals surface area contributed by atoms with Gasteiger partial charge in [-0.1, -0.05) is 9.97 Å². The fraction of sp³-hybridized carbons (Fsp3) is 0.508. The summed E-state index contributed by atoms with van der Waals surface area (Å²) in [5.74, 6) is -10.7. The maximum absolute atomic E-state index is 15.2. The molecule has 3 unspecified atom stereocenters. The predicted octanol–water partition coefficient (Wildman–Crippen LogP) is 5.43. The molecule has 8 bridgehead atoms. The van der Waals surface area contributed by atoms with Crippen molar-refractivity contribution in [2.75, 3.05) is 65.8 Å². The van der Waals surface area contributed by atoms with Crippen LogP contribution >= 0.6 is 0 Å². The van der Waals surface area contributed by atoms with Crippen molar-refractivity contribution in [1.82, 2.24) is 60.3 Å². The van der Waals surface area contributed by atoms with Crippen molar-refractivity contribution >= 4 is 85.9 Å². The molecule has 0 spiro atoms. The molecule has 2 aliphatic heterocycles. The number of aromatic nitrogens is 8. The standard InChI is InChI=1S/C63H80F4N14O16.Mn/c1-36-42(11-13-52(82)68-17-7-25-94-29-15-54(84)85)48-34-49-43(12-14-53(83)69-18-8-26-95-30-16-55(86)87)37(2)45(75-49)32-50-57(41(6)96-27-9-19-70-58(88)62(64,65)35-78-23-21-72-60(78)80(90)91)39(4)47(77-50)33-51-56(38(3)46(76-51)31-44(36)74-48)40(5)97-28-10-20-71-59(89)63(66,67)79-24-22-73-61(79)81(92)93;/h21-24,31-34,40-41,58,70,76-77,88H,7-20,25-30,35H2,1-6H3,(H,68,82)(H,69,83)(H,71,89)(H,84,85)(H,86,87);/q;+2/p-2. The summed E-state index contributed by atoms with van der Waals surface area (Å²) in [6, 6.07) is 3.01. The molecule has 2 aliphatic rings. The number of carboxylic acid groups (broad SMARTS) is 2. The van der Waals surface area contributed by atoms with Gasteiger partial charge in [-0.25, -0.2) is 14.5 Å². The van der Waals surface area contributed by atoms with E-state index in [-0.39, 0.29) is 151 Å². The number of alkyl halides is 4. The van der Waals surface area contributed by atoms with Crippen LogP contribution in [-0.2, 0) is 72.6 Å². The molecule has 3 amide bonds. The molecule has 531 valence electrons. The van der Waals surface area contributed by atoms with E-state index in [1.807, 2.05) is 52.0 Å². The first-order valence-corrected chi connectivity index (χ1v) is 31.4. The number of fused-ring (bicyclic) bond motifs is 8. The second kappa shape index (κ2) is 36.1. The number of rotatable bonds is 40. The smallest absolute Gasteiger partial charge is 0.550 e. The first kappa shape index (κ1) is 78.2. The van der Waals surface area contributed by atoms with Gasteiger partial charge < -0.3 is 90.0 Å². The Hall–Kier alpha value is -8.83. The molecule has 0 aliphatic carbocycles. The number of nitrogens with zero attached hydrogens (tertiary/aromatic N) is 8. The van der Waals surface area contributed by atoms with Crippen LogP contribution in [0.3, 0.4) is 0 Å². The molecule has 0 fully saturated rings. The third kappa shape index (κ3) is 20.9. The van der Waals surface area contributed by atoms with E-state index in [2.05, 4.69) is 41.2 Å². The number of hydrogen-bond donors (Lipinski definition) is 7. The molecule has 7 rings (SSSR count). The number of imidazole rings is 2. The van der Waals surface area contributed by atoms with Crippen molar-refractivity contribution in [2.45, 2.75) is 143 Å². The van der Waals surface area contributed by atoms with Crippen LogP contribution in [-0.4, -0.2) is 162 Å². The van der Waals surface area contributed by atoms with Gasteiger partial charge in [-0.3, -0.25) is 19.7 Å². The average Bonchev–Trinajstić information content (AvgIpc) is 1.61. The molecule has 7 heterocycles. The minimum absolute atomic E-state index is 0. The molecule has 5 aromatic rings. The molecule has 30 nitrogen and oxygen atoms in total. The molecule has 7 N–H and O–H groups in total. The van der Waals surface area contributed by atoms with E-state index in [1.165, 1.54) is 0 Å². The summed E-state index contributed by atoms with van der Waals surface area (Å²) in [6.07, 6.45) is 0.546. The molecule has 98 heavy (non-hydrogen) atoms. The summed E-state index contributed by atoms with van der Waals surface area (Å²) >= 11 is 0. The van der Waals surface area contributed by atoms with Gasteiger partial charge in [0.1, 0.15) is 31.3 Å². The molecule has 3 atom stereocenters. The van der Waals surface area contributed by atoms with Crippen LogP contribution in [0, 0.1) is 34.1 Å².